The van der Waals surface area contributed by atoms with Crippen LogP contribution in [-0.4, -0.2) is 45.6 Å². The van der Waals surface area contributed by atoms with E-state index in [1.807, 2.05) is 13.2 Å². The molecule has 1 saturated heterocycles. The summed E-state index contributed by atoms with van der Waals surface area (Å²) in [6, 6.07) is 0.643. The molecule has 5 nitrogen and oxygen atoms in total. The maximum Gasteiger partial charge on any atom is 0.0964 e. The number of aryl methyl sites for hydroxylation is 1. The number of unbranched alkanes of at least 4 members (excludes halogenated alkanes) is 1. The maximum atomic E-state index is 4.10. The molecule has 2 rings (SSSR count). The highest BCUT2D eigenvalue weighted by molar-refractivity contribution is 4.92. The Hall–Kier alpha value is -0.940. The smallest absolute Gasteiger partial charge is 0.0964 e. The van der Waals surface area contributed by atoms with Gasteiger partial charge in [0.05, 0.1) is 5.69 Å². The molecule has 1 fully saturated rings. The first-order valence-electron chi connectivity index (χ1n) is 7.09. The zero-order chi connectivity index (χ0) is 12.8. The summed E-state index contributed by atoms with van der Waals surface area (Å²) in [5.41, 5.74) is 1.03. The molecule has 2 heterocycles. The molecular formula is C13H25N5. The fourth-order valence-electron chi connectivity index (χ4n) is 2.47. The van der Waals surface area contributed by atoms with Gasteiger partial charge in [0.25, 0.3) is 0 Å². The van der Waals surface area contributed by atoms with E-state index >= 15 is 0 Å². The Bertz CT molecular complexity index is 341. The zero-order valence-electron chi connectivity index (χ0n) is 11.6. The minimum atomic E-state index is 0.643. The van der Waals surface area contributed by atoms with Gasteiger partial charge in [0, 0.05) is 25.8 Å². The highest BCUT2D eigenvalue weighted by Gasteiger charge is 2.18. The van der Waals surface area contributed by atoms with Crippen LogP contribution in [0.2, 0.25) is 0 Å². The van der Waals surface area contributed by atoms with E-state index in [9.17, 15) is 0 Å². The lowest BCUT2D eigenvalue weighted by atomic mass is 10.0. The van der Waals surface area contributed by atoms with Gasteiger partial charge in [-0.1, -0.05) is 18.6 Å². The number of hydrogen-bond donors (Lipinski definition) is 1. The molecule has 1 aliphatic heterocycles. The molecule has 0 spiro atoms. The van der Waals surface area contributed by atoms with Crippen LogP contribution in [-0.2, 0) is 13.6 Å². The highest BCUT2D eigenvalue weighted by atomic mass is 15.4. The second-order valence-corrected chi connectivity index (χ2v) is 5.23. The average molecular weight is 251 g/mol. The Balaban J connectivity index is 1.64. The van der Waals surface area contributed by atoms with Gasteiger partial charge in [0.2, 0.25) is 0 Å². The predicted molar refractivity (Wildman–Crippen MR) is 72.2 cm³/mol. The first-order valence-corrected chi connectivity index (χ1v) is 7.09. The molecule has 1 aliphatic rings. The number of piperidine rings is 1. The fourth-order valence-corrected chi connectivity index (χ4v) is 2.47. The summed E-state index contributed by atoms with van der Waals surface area (Å²) in [6.45, 7) is 6.84. The zero-order valence-corrected chi connectivity index (χ0v) is 11.6. The molecule has 0 radical (unpaired) electrons. The first-order chi connectivity index (χ1) is 8.78. The van der Waals surface area contributed by atoms with Crippen LogP contribution in [0.15, 0.2) is 6.20 Å². The Morgan fingerprint density at radius 2 is 2.17 bits per heavy atom. The lowest BCUT2D eigenvalue weighted by Crippen LogP contribution is -2.42. The van der Waals surface area contributed by atoms with Crippen molar-refractivity contribution in [1.82, 2.24) is 25.2 Å². The third-order valence-electron chi connectivity index (χ3n) is 3.64. The molecule has 18 heavy (non-hydrogen) atoms. The first kappa shape index (κ1) is 13.5. The summed E-state index contributed by atoms with van der Waals surface area (Å²) in [6.07, 6.45) is 7.11. The van der Waals surface area contributed by atoms with E-state index in [-0.39, 0.29) is 0 Å². The number of hydrogen-bond acceptors (Lipinski definition) is 4. The van der Waals surface area contributed by atoms with E-state index < -0.39 is 0 Å². The number of rotatable bonds is 6. The number of aromatic nitrogens is 3. The molecule has 0 aliphatic carbocycles. The summed E-state index contributed by atoms with van der Waals surface area (Å²) >= 11 is 0. The monoisotopic (exact) mass is 251 g/mol. The Kier molecular flexibility index (Phi) is 5.13. The lowest BCUT2D eigenvalue weighted by Gasteiger charge is -2.32. The SMILES string of the molecule is CCCCN1CCC(NCc2cn(C)nn2)CC1. The van der Waals surface area contributed by atoms with Crippen molar-refractivity contribution in [2.45, 2.75) is 45.2 Å². The molecule has 1 aromatic rings. The van der Waals surface area contributed by atoms with E-state index in [4.69, 9.17) is 0 Å². The largest absolute Gasteiger partial charge is 0.308 e. The van der Waals surface area contributed by atoms with Gasteiger partial charge in [-0.3, -0.25) is 4.68 Å². The molecule has 0 atom stereocenters. The summed E-state index contributed by atoms with van der Waals surface area (Å²) in [5.74, 6) is 0. The normalized spacial score (nSPS) is 18.3. The molecule has 0 aromatic carbocycles. The number of nitrogens with zero attached hydrogens (tertiary/aromatic N) is 4. The number of nitrogens with one attached hydrogen (secondary N) is 1. The molecule has 0 unspecified atom stereocenters. The van der Waals surface area contributed by atoms with Crippen molar-refractivity contribution >= 4 is 0 Å². The van der Waals surface area contributed by atoms with Crippen LogP contribution in [0.4, 0.5) is 0 Å². The third kappa shape index (κ3) is 4.07. The van der Waals surface area contributed by atoms with E-state index in [2.05, 4.69) is 27.5 Å². The highest BCUT2D eigenvalue weighted by Crippen LogP contribution is 2.11. The molecule has 0 amide bonds. The number of likely N-dealkylation sites (tertiary alicyclic amines) is 1. The van der Waals surface area contributed by atoms with Crippen LogP contribution in [0.3, 0.4) is 0 Å². The minimum absolute atomic E-state index is 0.643. The quantitative estimate of drug-likeness (QED) is 0.824. The summed E-state index contributed by atoms with van der Waals surface area (Å²) in [7, 11) is 1.91. The van der Waals surface area contributed by atoms with Gasteiger partial charge < -0.3 is 10.2 Å². The molecule has 5 heteroatoms. The van der Waals surface area contributed by atoms with Gasteiger partial charge in [-0.2, -0.15) is 0 Å². The van der Waals surface area contributed by atoms with Crippen LogP contribution in [0.1, 0.15) is 38.3 Å². The predicted octanol–water partition coefficient (Wildman–Crippen LogP) is 1.17. The lowest BCUT2D eigenvalue weighted by molar-refractivity contribution is 0.194. The second kappa shape index (κ2) is 6.85. The Morgan fingerprint density at radius 3 is 2.78 bits per heavy atom. The van der Waals surface area contributed by atoms with Crippen LogP contribution in [0.25, 0.3) is 0 Å². The molecule has 1 N–H and O–H groups in total. The van der Waals surface area contributed by atoms with Gasteiger partial charge in [0.1, 0.15) is 0 Å². The Labute approximate surface area is 110 Å². The molecule has 0 saturated carbocycles. The van der Waals surface area contributed by atoms with Crippen LogP contribution < -0.4 is 5.32 Å². The van der Waals surface area contributed by atoms with Crippen molar-refractivity contribution in [2.75, 3.05) is 19.6 Å². The van der Waals surface area contributed by atoms with Crippen molar-refractivity contribution in [2.24, 2.45) is 7.05 Å². The summed E-state index contributed by atoms with van der Waals surface area (Å²) in [5, 5.41) is 11.6. The van der Waals surface area contributed by atoms with Crippen molar-refractivity contribution < 1.29 is 0 Å². The second-order valence-electron chi connectivity index (χ2n) is 5.23. The van der Waals surface area contributed by atoms with Crippen LogP contribution in [0, 0.1) is 0 Å². The summed E-state index contributed by atoms with van der Waals surface area (Å²) < 4.78 is 1.75. The van der Waals surface area contributed by atoms with Gasteiger partial charge in [-0.05, 0) is 38.9 Å². The topological polar surface area (TPSA) is 46.0 Å². The molecular weight excluding hydrogens is 226 g/mol. The van der Waals surface area contributed by atoms with Gasteiger partial charge in [-0.25, -0.2) is 0 Å². The third-order valence-corrected chi connectivity index (χ3v) is 3.64. The van der Waals surface area contributed by atoms with Gasteiger partial charge >= 0.3 is 0 Å². The van der Waals surface area contributed by atoms with Crippen molar-refractivity contribution in [3.63, 3.8) is 0 Å². The fraction of sp³-hybridized carbons (Fsp3) is 0.846. The van der Waals surface area contributed by atoms with Gasteiger partial charge in [-0.15, -0.1) is 5.10 Å². The van der Waals surface area contributed by atoms with E-state index in [0.717, 1.165) is 12.2 Å². The van der Waals surface area contributed by atoms with Crippen molar-refractivity contribution in [1.29, 1.82) is 0 Å². The maximum absolute atomic E-state index is 4.10. The standard InChI is InChI=1S/C13H25N5/c1-3-4-7-18-8-5-12(6-9-18)14-10-13-11-17(2)16-15-13/h11-12,14H,3-10H2,1-2H3. The van der Waals surface area contributed by atoms with Gasteiger partial charge in [0.15, 0.2) is 0 Å². The van der Waals surface area contributed by atoms with Crippen molar-refractivity contribution in [3.05, 3.63) is 11.9 Å². The molecule has 1 aromatic heterocycles. The summed E-state index contributed by atoms with van der Waals surface area (Å²) in [4.78, 5) is 2.59. The van der Waals surface area contributed by atoms with E-state index in [1.165, 1.54) is 45.3 Å². The Morgan fingerprint density at radius 1 is 1.39 bits per heavy atom. The van der Waals surface area contributed by atoms with E-state index in [1.54, 1.807) is 4.68 Å². The molecule has 102 valence electrons. The minimum Gasteiger partial charge on any atom is -0.308 e. The van der Waals surface area contributed by atoms with Crippen LogP contribution in [0.5, 0.6) is 0 Å². The van der Waals surface area contributed by atoms with Crippen LogP contribution >= 0.6 is 0 Å². The van der Waals surface area contributed by atoms with E-state index in [0.29, 0.717) is 6.04 Å². The molecule has 0 bridgehead atoms. The van der Waals surface area contributed by atoms with Crippen molar-refractivity contribution in [3.8, 4) is 0 Å². The average Bonchev–Trinajstić information content (AvgIpc) is 2.81.